The molecular formula is C63H100O5. The minimum atomic E-state index is -0.608. The van der Waals surface area contributed by atoms with Crippen LogP contribution in [0.3, 0.4) is 0 Å². The molecule has 0 unspecified atom stereocenters. The summed E-state index contributed by atoms with van der Waals surface area (Å²) < 4.78 is 17.3. The van der Waals surface area contributed by atoms with Gasteiger partial charge in [-0.2, -0.15) is 0 Å². The van der Waals surface area contributed by atoms with E-state index in [2.05, 4.69) is 161 Å². The molecule has 0 saturated carbocycles. The van der Waals surface area contributed by atoms with E-state index in [0.717, 1.165) is 109 Å². The lowest BCUT2D eigenvalue weighted by molar-refractivity contribution is -0.162. The van der Waals surface area contributed by atoms with Gasteiger partial charge in [0.05, 0.1) is 6.61 Å². The van der Waals surface area contributed by atoms with Crippen molar-refractivity contribution in [2.45, 2.75) is 219 Å². The number of hydrogen-bond acceptors (Lipinski definition) is 5. The smallest absolute Gasteiger partial charge is 0.306 e. The molecule has 0 N–H and O–H groups in total. The normalized spacial score (nSPS) is 13.4. The van der Waals surface area contributed by atoms with Gasteiger partial charge in [0, 0.05) is 19.4 Å². The number of rotatable bonds is 48. The van der Waals surface area contributed by atoms with Crippen molar-refractivity contribution in [2.75, 3.05) is 19.8 Å². The molecular weight excluding hydrogens is 837 g/mol. The van der Waals surface area contributed by atoms with Crippen molar-refractivity contribution in [1.82, 2.24) is 0 Å². The van der Waals surface area contributed by atoms with Gasteiger partial charge in [0.2, 0.25) is 0 Å². The molecule has 0 aliphatic carbocycles. The summed E-state index contributed by atoms with van der Waals surface area (Å²) in [6.45, 7) is 7.45. The second kappa shape index (κ2) is 57.1. The third kappa shape index (κ3) is 54.4. The molecule has 1 atom stereocenters. The predicted octanol–water partition coefficient (Wildman–Crippen LogP) is 18.9. The number of carbonyl (C=O) groups is 2. The molecule has 0 fully saturated rings. The summed E-state index contributed by atoms with van der Waals surface area (Å²) >= 11 is 0. The lowest BCUT2D eigenvalue weighted by atomic mass is 10.1. The van der Waals surface area contributed by atoms with E-state index >= 15 is 0 Å². The fraction of sp³-hybridized carbons (Fsp3) is 0.587. The van der Waals surface area contributed by atoms with Crippen molar-refractivity contribution in [1.29, 1.82) is 0 Å². The largest absolute Gasteiger partial charge is 0.462 e. The zero-order valence-electron chi connectivity index (χ0n) is 43.8. The van der Waals surface area contributed by atoms with Crippen LogP contribution in [-0.4, -0.2) is 37.9 Å². The van der Waals surface area contributed by atoms with Crippen molar-refractivity contribution in [2.24, 2.45) is 0 Å². The van der Waals surface area contributed by atoms with Crippen LogP contribution >= 0.6 is 0 Å². The molecule has 5 nitrogen and oxygen atoms in total. The van der Waals surface area contributed by atoms with Gasteiger partial charge in [-0.3, -0.25) is 9.59 Å². The molecule has 0 spiro atoms. The van der Waals surface area contributed by atoms with Crippen LogP contribution in [0.15, 0.2) is 146 Å². The van der Waals surface area contributed by atoms with Gasteiger partial charge in [0.15, 0.2) is 6.10 Å². The summed E-state index contributed by atoms with van der Waals surface area (Å²) in [5, 5.41) is 0. The zero-order valence-corrected chi connectivity index (χ0v) is 43.8. The van der Waals surface area contributed by atoms with Crippen LogP contribution in [0, 0.1) is 0 Å². The van der Waals surface area contributed by atoms with Crippen LogP contribution in [-0.2, 0) is 23.8 Å². The number of esters is 2. The SMILES string of the molecule is CCC=CCC=CCC=CCC=CCC=CCC=CCCC(=O)OC[C@@H](COCCCCC=CCC=CCC=CCC=CCCCCC)OC(=O)CCCCCCCC=CCC=CCCCCC. The Morgan fingerprint density at radius 3 is 1.12 bits per heavy atom. The summed E-state index contributed by atoms with van der Waals surface area (Å²) in [5.41, 5.74) is 0. The summed E-state index contributed by atoms with van der Waals surface area (Å²) in [6, 6.07) is 0. The fourth-order valence-electron chi connectivity index (χ4n) is 6.78. The monoisotopic (exact) mass is 937 g/mol. The van der Waals surface area contributed by atoms with Crippen molar-refractivity contribution in [3.63, 3.8) is 0 Å². The first-order valence-electron chi connectivity index (χ1n) is 27.4. The number of hydrogen-bond donors (Lipinski definition) is 0. The third-order valence-electron chi connectivity index (χ3n) is 10.8. The van der Waals surface area contributed by atoms with Crippen molar-refractivity contribution < 1.29 is 23.8 Å². The lowest BCUT2D eigenvalue weighted by Crippen LogP contribution is -2.30. The Hall–Kier alpha value is -4.22. The van der Waals surface area contributed by atoms with Gasteiger partial charge in [-0.15, -0.1) is 0 Å². The number of ether oxygens (including phenoxy) is 3. The Kier molecular flexibility index (Phi) is 53.6. The first-order chi connectivity index (χ1) is 33.6. The minimum Gasteiger partial charge on any atom is -0.462 e. The highest BCUT2D eigenvalue weighted by atomic mass is 16.6. The molecule has 0 aromatic heterocycles. The zero-order chi connectivity index (χ0) is 49.2. The Morgan fingerprint density at radius 1 is 0.338 bits per heavy atom. The standard InChI is InChI=1S/C63H100O5/c1-4-7-10-13-16-19-22-25-28-30-32-33-36-38-41-44-47-50-53-56-62(64)67-60-61(68-63(65)57-54-51-48-45-42-39-35-27-24-21-18-15-12-9-6-3)59-66-58-55-52-49-46-43-40-37-34-31-29-26-23-20-17-14-11-8-5-2/h7,10,16-21,25-29,32-35,37-38,41,43,46-47,50,61H,4-6,8-9,11-15,22-24,30-31,36,39-40,42,44-45,48-49,51-60H2,1-3H3/t61-/m1/s1. The molecule has 0 aromatic rings. The van der Waals surface area contributed by atoms with E-state index in [1.54, 1.807) is 0 Å². The maximum Gasteiger partial charge on any atom is 0.306 e. The average molecular weight is 937 g/mol. The van der Waals surface area contributed by atoms with E-state index in [1.807, 2.05) is 6.08 Å². The maximum atomic E-state index is 12.8. The molecule has 68 heavy (non-hydrogen) atoms. The Labute approximate surface area is 419 Å². The first-order valence-corrected chi connectivity index (χ1v) is 27.4. The van der Waals surface area contributed by atoms with E-state index in [4.69, 9.17) is 14.2 Å². The molecule has 0 aromatic carbocycles. The van der Waals surface area contributed by atoms with Gasteiger partial charge in [0.25, 0.3) is 0 Å². The summed E-state index contributed by atoms with van der Waals surface area (Å²) in [7, 11) is 0. The summed E-state index contributed by atoms with van der Waals surface area (Å²) in [4.78, 5) is 25.4. The fourth-order valence-corrected chi connectivity index (χ4v) is 6.78. The topological polar surface area (TPSA) is 61.8 Å². The van der Waals surface area contributed by atoms with Gasteiger partial charge < -0.3 is 14.2 Å². The van der Waals surface area contributed by atoms with Gasteiger partial charge in [-0.05, 0) is 135 Å². The second-order valence-electron chi connectivity index (χ2n) is 17.4. The van der Waals surface area contributed by atoms with E-state index in [0.29, 0.717) is 19.4 Å². The van der Waals surface area contributed by atoms with Crippen LogP contribution < -0.4 is 0 Å². The van der Waals surface area contributed by atoms with Crippen LogP contribution in [0.5, 0.6) is 0 Å². The van der Waals surface area contributed by atoms with E-state index in [1.165, 1.54) is 64.2 Å². The average Bonchev–Trinajstić information content (AvgIpc) is 3.34. The Bertz CT molecular complexity index is 1480. The van der Waals surface area contributed by atoms with E-state index < -0.39 is 6.10 Å². The van der Waals surface area contributed by atoms with E-state index in [9.17, 15) is 9.59 Å². The molecule has 0 rings (SSSR count). The predicted molar refractivity (Wildman–Crippen MR) is 297 cm³/mol. The molecule has 0 radical (unpaired) electrons. The quantitative estimate of drug-likeness (QED) is 0.0346. The number of unbranched alkanes of at least 4 members (excludes halogenated alkanes) is 13. The number of carbonyl (C=O) groups excluding carboxylic acids is 2. The van der Waals surface area contributed by atoms with Gasteiger partial charge >= 0.3 is 11.9 Å². The molecule has 0 heterocycles. The van der Waals surface area contributed by atoms with Gasteiger partial charge in [-0.25, -0.2) is 0 Å². The van der Waals surface area contributed by atoms with Gasteiger partial charge in [0.1, 0.15) is 6.61 Å². The van der Waals surface area contributed by atoms with Crippen molar-refractivity contribution in [3.8, 4) is 0 Å². The minimum absolute atomic E-state index is 0.0126. The molecule has 0 saturated heterocycles. The molecule has 0 aliphatic rings. The lowest BCUT2D eigenvalue weighted by Gasteiger charge is -2.18. The van der Waals surface area contributed by atoms with E-state index in [-0.39, 0.29) is 31.6 Å². The van der Waals surface area contributed by atoms with Gasteiger partial charge in [-0.1, -0.05) is 212 Å². The molecule has 382 valence electrons. The highest BCUT2D eigenvalue weighted by Gasteiger charge is 2.17. The van der Waals surface area contributed by atoms with Crippen LogP contribution in [0.2, 0.25) is 0 Å². The third-order valence-corrected chi connectivity index (χ3v) is 10.8. The van der Waals surface area contributed by atoms with Crippen molar-refractivity contribution in [3.05, 3.63) is 146 Å². The van der Waals surface area contributed by atoms with Crippen LogP contribution in [0.25, 0.3) is 0 Å². The molecule has 0 amide bonds. The summed E-state index contributed by atoms with van der Waals surface area (Å²) in [6.07, 6.45) is 83.0. The summed E-state index contributed by atoms with van der Waals surface area (Å²) in [5.74, 6) is -0.544. The van der Waals surface area contributed by atoms with Crippen molar-refractivity contribution >= 4 is 11.9 Å². The Balaban J connectivity index is 4.53. The second-order valence-corrected chi connectivity index (χ2v) is 17.4. The molecule has 5 heteroatoms. The molecule has 0 aliphatic heterocycles. The number of allylic oxidation sites excluding steroid dienone is 24. The van der Waals surface area contributed by atoms with Crippen LogP contribution in [0.4, 0.5) is 0 Å². The highest BCUT2D eigenvalue weighted by molar-refractivity contribution is 5.70. The first kappa shape index (κ1) is 63.8. The Morgan fingerprint density at radius 2 is 0.691 bits per heavy atom. The highest BCUT2D eigenvalue weighted by Crippen LogP contribution is 2.11. The maximum absolute atomic E-state index is 12.8. The molecule has 0 bridgehead atoms. The van der Waals surface area contributed by atoms with Crippen LogP contribution in [0.1, 0.15) is 213 Å².